The summed E-state index contributed by atoms with van der Waals surface area (Å²) in [6, 6.07) is 2.00. The highest BCUT2D eigenvalue weighted by molar-refractivity contribution is 7.88. The molecule has 1 heterocycles. The molecule has 108 valence electrons. The molecule has 1 aliphatic rings. The summed E-state index contributed by atoms with van der Waals surface area (Å²) in [6.07, 6.45) is 1.52. The summed E-state index contributed by atoms with van der Waals surface area (Å²) < 4.78 is 24.1. The van der Waals surface area contributed by atoms with Crippen LogP contribution < -0.4 is 0 Å². The van der Waals surface area contributed by atoms with E-state index in [-0.39, 0.29) is 12.5 Å². The van der Waals surface area contributed by atoms with E-state index in [1.807, 2.05) is 11.0 Å². The summed E-state index contributed by atoms with van der Waals surface area (Å²) in [6.45, 7) is 2.68. The van der Waals surface area contributed by atoms with Crippen LogP contribution in [0.5, 0.6) is 0 Å². The molecule has 0 saturated carbocycles. The minimum Gasteiger partial charge on any atom is -0.344 e. The highest BCUT2D eigenvalue weighted by Crippen LogP contribution is 2.06. The van der Waals surface area contributed by atoms with Gasteiger partial charge in [-0.25, -0.2) is 8.42 Å². The Balaban J connectivity index is 2.37. The van der Waals surface area contributed by atoms with Gasteiger partial charge in [-0.3, -0.25) is 9.69 Å². The molecule has 8 heteroatoms. The first kappa shape index (κ1) is 15.9. The molecular formula is C11H20N4O3S. The Kier molecular flexibility index (Phi) is 5.72. The summed E-state index contributed by atoms with van der Waals surface area (Å²) in [7, 11) is -1.46. The van der Waals surface area contributed by atoms with Crippen molar-refractivity contribution in [1.82, 2.24) is 14.1 Å². The van der Waals surface area contributed by atoms with Gasteiger partial charge in [0.05, 0.1) is 25.3 Å². The number of amides is 1. The zero-order chi connectivity index (χ0) is 14.5. The average Bonchev–Trinajstić information content (AvgIpc) is 2.35. The van der Waals surface area contributed by atoms with Crippen LogP contribution in [0.3, 0.4) is 0 Å². The van der Waals surface area contributed by atoms with Crippen molar-refractivity contribution in [3.8, 4) is 6.07 Å². The molecule has 1 amide bonds. The average molecular weight is 288 g/mol. The van der Waals surface area contributed by atoms with E-state index in [0.717, 1.165) is 0 Å². The molecule has 0 radical (unpaired) electrons. The van der Waals surface area contributed by atoms with Crippen molar-refractivity contribution in [1.29, 1.82) is 5.26 Å². The number of hydrogen-bond acceptors (Lipinski definition) is 5. The first-order valence-electron chi connectivity index (χ1n) is 6.13. The number of carbonyl (C=O) groups excluding carboxylic acids is 1. The molecule has 0 aliphatic carbocycles. The number of carbonyl (C=O) groups is 1. The van der Waals surface area contributed by atoms with Crippen LogP contribution in [-0.2, 0) is 14.8 Å². The molecule has 1 aliphatic heterocycles. The lowest BCUT2D eigenvalue weighted by Gasteiger charge is -2.33. The number of sulfonamides is 1. The summed E-state index contributed by atoms with van der Waals surface area (Å²) in [5, 5.41) is 8.46. The van der Waals surface area contributed by atoms with Gasteiger partial charge in [-0.05, 0) is 0 Å². The first-order valence-corrected chi connectivity index (χ1v) is 7.98. The van der Waals surface area contributed by atoms with E-state index in [0.29, 0.717) is 39.1 Å². The normalized spacial score (nSPS) is 17.9. The fraction of sp³-hybridized carbons (Fsp3) is 0.818. The van der Waals surface area contributed by atoms with Gasteiger partial charge >= 0.3 is 0 Å². The number of rotatable bonds is 5. The molecule has 0 aromatic heterocycles. The molecule has 0 unspecified atom stereocenters. The lowest BCUT2D eigenvalue weighted by molar-refractivity contribution is -0.131. The van der Waals surface area contributed by atoms with Crippen molar-refractivity contribution in [3.63, 3.8) is 0 Å². The van der Waals surface area contributed by atoms with Crippen molar-refractivity contribution >= 4 is 15.9 Å². The smallest absolute Gasteiger partial charge is 0.236 e. The fourth-order valence-corrected chi connectivity index (χ4v) is 2.70. The Morgan fingerprint density at radius 2 is 1.89 bits per heavy atom. The molecule has 0 aromatic rings. The molecule has 0 spiro atoms. The SMILES string of the molecule is CN(CCC#N)C(=O)CN1CCN(S(C)(=O)=O)CC1. The Labute approximate surface area is 114 Å². The highest BCUT2D eigenvalue weighted by atomic mass is 32.2. The van der Waals surface area contributed by atoms with Gasteiger partial charge in [-0.2, -0.15) is 9.57 Å². The van der Waals surface area contributed by atoms with E-state index < -0.39 is 10.0 Å². The van der Waals surface area contributed by atoms with Crippen LogP contribution in [0.4, 0.5) is 0 Å². The van der Waals surface area contributed by atoms with Gasteiger partial charge in [0.2, 0.25) is 15.9 Å². The lowest BCUT2D eigenvalue weighted by atomic mass is 10.3. The monoisotopic (exact) mass is 288 g/mol. The second kappa shape index (κ2) is 6.84. The minimum atomic E-state index is -3.13. The Hall–Kier alpha value is -1.17. The molecule has 0 aromatic carbocycles. The van der Waals surface area contributed by atoms with Crippen LogP contribution in [0.1, 0.15) is 6.42 Å². The second-order valence-corrected chi connectivity index (χ2v) is 6.64. The zero-order valence-corrected chi connectivity index (χ0v) is 12.2. The highest BCUT2D eigenvalue weighted by Gasteiger charge is 2.24. The quantitative estimate of drug-likeness (QED) is 0.643. The fourth-order valence-electron chi connectivity index (χ4n) is 1.87. The second-order valence-electron chi connectivity index (χ2n) is 4.66. The molecule has 1 saturated heterocycles. The largest absolute Gasteiger partial charge is 0.344 e. The molecular weight excluding hydrogens is 268 g/mol. The summed E-state index contributed by atoms with van der Waals surface area (Å²) in [4.78, 5) is 15.3. The lowest BCUT2D eigenvalue weighted by Crippen LogP contribution is -2.51. The third-order valence-corrected chi connectivity index (χ3v) is 4.45. The van der Waals surface area contributed by atoms with Crippen molar-refractivity contribution < 1.29 is 13.2 Å². The first-order chi connectivity index (χ1) is 8.84. The third kappa shape index (κ3) is 5.14. The van der Waals surface area contributed by atoms with Crippen molar-refractivity contribution in [2.75, 3.05) is 52.6 Å². The number of nitrogens with zero attached hydrogens (tertiary/aromatic N) is 4. The standard InChI is InChI=1S/C11H20N4O3S/c1-13(5-3-4-12)11(16)10-14-6-8-15(9-7-14)19(2,17)18/h3,5-10H2,1-2H3. The van der Waals surface area contributed by atoms with Gasteiger partial charge < -0.3 is 4.90 Å². The van der Waals surface area contributed by atoms with Gasteiger partial charge in [0, 0.05) is 39.8 Å². The van der Waals surface area contributed by atoms with Crippen molar-refractivity contribution in [2.45, 2.75) is 6.42 Å². The number of likely N-dealkylation sites (N-methyl/N-ethyl adjacent to an activating group) is 1. The molecule has 0 bridgehead atoms. The van der Waals surface area contributed by atoms with Gasteiger partial charge in [0.1, 0.15) is 0 Å². The van der Waals surface area contributed by atoms with Gasteiger partial charge in [0.15, 0.2) is 0 Å². The Bertz CT molecular complexity index is 449. The van der Waals surface area contributed by atoms with Crippen LogP contribution in [0.25, 0.3) is 0 Å². The Morgan fingerprint density at radius 1 is 1.32 bits per heavy atom. The van der Waals surface area contributed by atoms with E-state index in [9.17, 15) is 13.2 Å². The van der Waals surface area contributed by atoms with E-state index in [1.165, 1.54) is 15.5 Å². The minimum absolute atomic E-state index is 0.0388. The molecule has 1 fully saturated rings. The van der Waals surface area contributed by atoms with E-state index in [4.69, 9.17) is 5.26 Å². The van der Waals surface area contributed by atoms with Crippen LogP contribution in [-0.4, -0.2) is 81.0 Å². The van der Waals surface area contributed by atoms with Gasteiger partial charge in [0.25, 0.3) is 0 Å². The third-order valence-electron chi connectivity index (χ3n) is 3.14. The van der Waals surface area contributed by atoms with Gasteiger partial charge in [-0.1, -0.05) is 0 Å². The number of hydrogen-bond donors (Lipinski definition) is 0. The van der Waals surface area contributed by atoms with E-state index >= 15 is 0 Å². The topological polar surface area (TPSA) is 84.7 Å². The van der Waals surface area contributed by atoms with Crippen LogP contribution in [0.15, 0.2) is 0 Å². The predicted molar refractivity (Wildman–Crippen MR) is 70.7 cm³/mol. The van der Waals surface area contributed by atoms with Crippen molar-refractivity contribution in [2.24, 2.45) is 0 Å². The van der Waals surface area contributed by atoms with E-state index in [2.05, 4.69) is 0 Å². The van der Waals surface area contributed by atoms with Crippen molar-refractivity contribution in [3.05, 3.63) is 0 Å². The zero-order valence-electron chi connectivity index (χ0n) is 11.4. The molecule has 19 heavy (non-hydrogen) atoms. The van der Waals surface area contributed by atoms with Gasteiger partial charge in [-0.15, -0.1) is 0 Å². The summed E-state index contributed by atoms with van der Waals surface area (Å²) in [5.74, 6) is -0.0388. The van der Waals surface area contributed by atoms with Crippen LogP contribution in [0.2, 0.25) is 0 Å². The molecule has 0 N–H and O–H groups in total. The number of nitriles is 1. The Morgan fingerprint density at radius 3 is 2.37 bits per heavy atom. The number of piperazine rings is 1. The van der Waals surface area contributed by atoms with Crippen LogP contribution >= 0.6 is 0 Å². The maximum atomic E-state index is 11.8. The van der Waals surface area contributed by atoms with E-state index in [1.54, 1.807) is 7.05 Å². The summed E-state index contributed by atoms with van der Waals surface area (Å²) in [5.41, 5.74) is 0. The molecule has 1 rings (SSSR count). The molecule has 0 atom stereocenters. The van der Waals surface area contributed by atoms with Crippen LogP contribution in [0, 0.1) is 11.3 Å². The molecule has 7 nitrogen and oxygen atoms in total. The predicted octanol–water partition coefficient (Wildman–Crippen LogP) is -1.06. The maximum Gasteiger partial charge on any atom is 0.236 e. The summed E-state index contributed by atoms with van der Waals surface area (Å²) >= 11 is 0. The maximum absolute atomic E-state index is 11.8.